The third-order valence-corrected chi connectivity index (χ3v) is 6.13. The van der Waals surface area contributed by atoms with Crippen molar-refractivity contribution in [2.45, 2.75) is 38.5 Å². The van der Waals surface area contributed by atoms with Crippen LogP contribution in [0.1, 0.15) is 37.7 Å². The lowest BCUT2D eigenvalue weighted by Crippen LogP contribution is -2.46. The van der Waals surface area contributed by atoms with E-state index in [1.807, 2.05) is 6.07 Å². The number of H-pyrrole nitrogens is 1. The van der Waals surface area contributed by atoms with Crippen LogP contribution in [0, 0.1) is 11.8 Å². The Morgan fingerprint density at radius 2 is 2.00 bits per heavy atom. The van der Waals surface area contributed by atoms with Crippen LogP contribution in [0.15, 0.2) is 30.5 Å². The summed E-state index contributed by atoms with van der Waals surface area (Å²) in [4.78, 5) is 18.0. The number of nitrogens with zero attached hydrogens (tertiary/aromatic N) is 1. The zero-order chi connectivity index (χ0) is 17.1. The van der Waals surface area contributed by atoms with Gasteiger partial charge in [0.2, 0.25) is 5.91 Å². The van der Waals surface area contributed by atoms with Crippen LogP contribution in [-0.4, -0.2) is 42.0 Å². The number of aromatic nitrogens is 1. The number of piperidine rings is 1. The summed E-state index contributed by atoms with van der Waals surface area (Å²) >= 11 is 0. The summed E-state index contributed by atoms with van der Waals surface area (Å²) in [5.74, 6) is 1.94. The number of rotatable bonds is 5. The zero-order valence-electron chi connectivity index (χ0n) is 15.0. The monoisotopic (exact) mass is 339 g/mol. The molecule has 1 aliphatic carbocycles. The molecule has 2 atom stereocenters. The summed E-state index contributed by atoms with van der Waals surface area (Å²) in [7, 11) is 0. The average molecular weight is 339 g/mol. The van der Waals surface area contributed by atoms with Crippen molar-refractivity contribution in [1.82, 2.24) is 15.2 Å². The Labute approximate surface area is 150 Å². The molecule has 25 heavy (non-hydrogen) atoms. The number of hydrogen-bond acceptors (Lipinski definition) is 2. The third kappa shape index (κ3) is 3.90. The van der Waals surface area contributed by atoms with Crippen molar-refractivity contribution in [2.24, 2.45) is 11.8 Å². The molecule has 2 heterocycles. The Bertz CT molecular complexity index is 723. The van der Waals surface area contributed by atoms with Gasteiger partial charge in [-0.05, 0) is 49.3 Å². The molecule has 4 nitrogen and oxygen atoms in total. The van der Waals surface area contributed by atoms with E-state index in [0.717, 1.165) is 31.3 Å². The van der Waals surface area contributed by atoms with Crippen molar-refractivity contribution >= 4 is 16.8 Å². The van der Waals surface area contributed by atoms with E-state index in [4.69, 9.17) is 0 Å². The molecule has 1 aromatic heterocycles. The Kier molecular flexibility index (Phi) is 5.07. The molecule has 0 spiro atoms. The third-order valence-electron chi connectivity index (χ3n) is 6.13. The quantitative estimate of drug-likeness (QED) is 0.878. The molecule has 0 bridgehead atoms. The van der Waals surface area contributed by atoms with Gasteiger partial charge in [0.15, 0.2) is 0 Å². The van der Waals surface area contributed by atoms with Crippen LogP contribution in [0.4, 0.5) is 0 Å². The van der Waals surface area contributed by atoms with Gasteiger partial charge >= 0.3 is 0 Å². The lowest BCUT2D eigenvalue weighted by Gasteiger charge is -2.41. The van der Waals surface area contributed by atoms with Gasteiger partial charge < -0.3 is 10.3 Å². The highest BCUT2D eigenvalue weighted by Crippen LogP contribution is 2.35. The van der Waals surface area contributed by atoms with E-state index in [-0.39, 0.29) is 5.91 Å². The largest absolute Gasteiger partial charge is 0.361 e. The highest BCUT2D eigenvalue weighted by Gasteiger charge is 2.31. The van der Waals surface area contributed by atoms with Crippen LogP contribution in [0.25, 0.3) is 10.9 Å². The highest BCUT2D eigenvalue weighted by atomic mass is 16.2. The molecule has 2 aromatic rings. The summed E-state index contributed by atoms with van der Waals surface area (Å²) < 4.78 is 0. The first-order chi connectivity index (χ1) is 12.3. The standard InChI is InChI=1S/C21H29N3O/c25-21(15-24-12-10-16-5-1-2-6-18(16)14-24)22-11-9-17-13-23-20-8-4-3-7-19(17)20/h3-4,7-8,13,16,18,23H,1-2,5-6,9-12,14-15H2,(H,22,25)/t16-,18+/m0/s1. The van der Waals surface area contributed by atoms with E-state index in [9.17, 15) is 4.79 Å². The smallest absolute Gasteiger partial charge is 0.234 e. The molecule has 1 saturated carbocycles. The number of para-hydroxylation sites is 1. The minimum Gasteiger partial charge on any atom is -0.361 e. The summed E-state index contributed by atoms with van der Waals surface area (Å²) in [5, 5.41) is 4.37. The maximum Gasteiger partial charge on any atom is 0.234 e. The van der Waals surface area contributed by atoms with Crippen molar-refractivity contribution in [3.8, 4) is 0 Å². The summed E-state index contributed by atoms with van der Waals surface area (Å²) in [6.45, 7) is 3.50. The number of fused-ring (bicyclic) bond motifs is 2. The fourth-order valence-corrected chi connectivity index (χ4v) is 4.75. The van der Waals surface area contributed by atoms with E-state index in [2.05, 4.69) is 39.6 Å². The second-order valence-corrected chi connectivity index (χ2v) is 7.79. The van der Waals surface area contributed by atoms with Crippen LogP contribution in [0.5, 0.6) is 0 Å². The van der Waals surface area contributed by atoms with E-state index in [1.165, 1.54) is 48.6 Å². The number of aromatic amines is 1. The topological polar surface area (TPSA) is 48.1 Å². The second kappa shape index (κ2) is 7.61. The van der Waals surface area contributed by atoms with Crippen LogP contribution in [0.2, 0.25) is 0 Å². The summed E-state index contributed by atoms with van der Waals surface area (Å²) in [6.07, 6.45) is 9.79. The fourth-order valence-electron chi connectivity index (χ4n) is 4.75. The Morgan fingerprint density at radius 3 is 2.92 bits per heavy atom. The Morgan fingerprint density at radius 1 is 1.16 bits per heavy atom. The molecule has 2 fully saturated rings. The molecule has 134 valence electrons. The van der Waals surface area contributed by atoms with E-state index < -0.39 is 0 Å². The molecule has 2 N–H and O–H groups in total. The van der Waals surface area contributed by atoms with E-state index >= 15 is 0 Å². The normalized spacial score (nSPS) is 24.2. The molecule has 1 aromatic carbocycles. The van der Waals surface area contributed by atoms with Gasteiger partial charge in [0.25, 0.3) is 0 Å². The van der Waals surface area contributed by atoms with Gasteiger partial charge in [0, 0.05) is 30.2 Å². The molecule has 0 radical (unpaired) electrons. The molecular formula is C21H29N3O. The molecule has 4 heteroatoms. The predicted octanol–water partition coefficient (Wildman–Crippen LogP) is 3.34. The number of carbonyl (C=O) groups is 1. The predicted molar refractivity (Wildman–Crippen MR) is 102 cm³/mol. The van der Waals surface area contributed by atoms with Crippen LogP contribution < -0.4 is 5.32 Å². The first-order valence-corrected chi connectivity index (χ1v) is 9.83. The van der Waals surface area contributed by atoms with Gasteiger partial charge in [-0.15, -0.1) is 0 Å². The van der Waals surface area contributed by atoms with Crippen LogP contribution >= 0.6 is 0 Å². The molecule has 1 saturated heterocycles. The van der Waals surface area contributed by atoms with Gasteiger partial charge in [0.05, 0.1) is 6.54 Å². The SMILES string of the molecule is O=C(CN1CC[C@@H]2CCCC[C@@H]2C1)NCCc1c[nH]c2ccccc12. The summed E-state index contributed by atoms with van der Waals surface area (Å²) in [6, 6.07) is 8.33. The molecule has 1 amide bonds. The number of benzene rings is 1. The zero-order valence-corrected chi connectivity index (χ0v) is 15.0. The fraction of sp³-hybridized carbons (Fsp3) is 0.571. The van der Waals surface area contributed by atoms with Crippen molar-refractivity contribution in [1.29, 1.82) is 0 Å². The van der Waals surface area contributed by atoms with Gasteiger partial charge in [-0.1, -0.05) is 37.5 Å². The first kappa shape index (κ1) is 16.6. The maximum absolute atomic E-state index is 12.3. The van der Waals surface area contributed by atoms with E-state index in [0.29, 0.717) is 13.1 Å². The molecular weight excluding hydrogens is 310 g/mol. The van der Waals surface area contributed by atoms with E-state index in [1.54, 1.807) is 0 Å². The molecule has 1 aliphatic heterocycles. The maximum atomic E-state index is 12.3. The van der Waals surface area contributed by atoms with Gasteiger partial charge in [-0.25, -0.2) is 0 Å². The number of amides is 1. The highest BCUT2D eigenvalue weighted by molar-refractivity contribution is 5.83. The van der Waals surface area contributed by atoms with Gasteiger partial charge in [0.1, 0.15) is 0 Å². The average Bonchev–Trinajstić information content (AvgIpc) is 3.05. The molecule has 0 unspecified atom stereocenters. The number of nitrogens with one attached hydrogen (secondary N) is 2. The summed E-state index contributed by atoms with van der Waals surface area (Å²) in [5.41, 5.74) is 2.44. The number of hydrogen-bond donors (Lipinski definition) is 2. The minimum atomic E-state index is 0.175. The lowest BCUT2D eigenvalue weighted by molar-refractivity contribution is -0.123. The minimum absolute atomic E-state index is 0.175. The lowest BCUT2D eigenvalue weighted by atomic mass is 9.75. The van der Waals surface area contributed by atoms with Crippen molar-refractivity contribution in [3.05, 3.63) is 36.0 Å². The molecule has 2 aliphatic rings. The van der Waals surface area contributed by atoms with Crippen molar-refractivity contribution < 1.29 is 4.79 Å². The Balaban J connectivity index is 1.23. The van der Waals surface area contributed by atoms with Gasteiger partial charge in [-0.3, -0.25) is 9.69 Å². The van der Waals surface area contributed by atoms with Gasteiger partial charge in [-0.2, -0.15) is 0 Å². The van der Waals surface area contributed by atoms with Crippen LogP contribution in [-0.2, 0) is 11.2 Å². The van der Waals surface area contributed by atoms with Crippen molar-refractivity contribution in [2.75, 3.05) is 26.2 Å². The van der Waals surface area contributed by atoms with Crippen LogP contribution in [0.3, 0.4) is 0 Å². The Hall–Kier alpha value is -1.81. The molecule has 4 rings (SSSR count). The number of carbonyl (C=O) groups excluding carboxylic acids is 1. The van der Waals surface area contributed by atoms with Crippen molar-refractivity contribution in [3.63, 3.8) is 0 Å². The first-order valence-electron chi connectivity index (χ1n) is 9.83. The number of likely N-dealkylation sites (tertiary alicyclic amines) is 1. The second-order valence-electron chi connectivity index (χ2n) is 7.79.